The molecule has 1 aliphatic rings. The van der Waals surface area contributed by atoms with Gasteiger partial charge in [0.2, 0.25) is 0 Å². The normalized spacial score (nSPS) is 14.7. The zero-order valence-electron chi connectivity index (χ0n) is 19.3. The third kappa shape index (κ3) is 5.39. The summed E-state index contributed by atoms with van der Waals surface area (Å²) in [6.07, 6.45) is -0.0745. The third-order valence-electron chi connectivity index (χ3n) is 5.42. The molecule has 0 bridgehead atoms. The maximum atomic E-state index is 13.6. The fraction of sp³-hybridized carbons (Fsp3) is 0.304. The van der Waals surface area contributed by atoms with Crippen molar-refractivity contribution in [1.82, 2.24) is 25.8 Å². The van der Waals surface area contributed by atoms with Gasteiger partial charge in [-0.3, -0.25) is 20.0 Å². The summed E-state index contributed by atoms with van der Waals surface area (Å²) < 4.78 is 41.1. The van der Waals surface area contributed by atoms with Crippen LogP contribution in [0.5, 0.6) is 0 Å². The van der Waals surface area contributed by atoms with E-state index in [-0.39, 0.29) is 43.2 Å². The molecule has 2 aromatic heterocycles. The van der Waals surface area contributed by atoms with E-state index in [4.69, 9.17) is 11.6 Å². The van der Waals surface area contributed by atoms with E-state index in [1.54, 1.807) is 13.8 Å². The van der Waals surface area contributed by atoms with Crippen molar-refractivity contribution in [2.45, 2.75) is 44.4 Å². The molecule has 190 valence electrons. The minimum absolute atomic E-state index is 0.0103. The van der Waals surface area contributed by atoms with Crippen LogP contribution in [0.4, 0.5) is 18.3 Å². The van der Waals surface area contributed by atoms with Crippen molar-refractivity contribution in [3.63, 3.8) is 0 Å². The lowest BCUT2D eigenvalue weighted by molar-refractivity contribution is -0.136. The van der Waals surface area contributed by atoms with Gasteiger partial charge < -0.3 is 10.6 Å². The number of nitrogens with one attached hydrogen (secondary N) is 4. The van der Waals surface area contributed by atoms with E-state index < -0.39 is 29.1 Å². The van der Waals surface area contributed by atoms with E-state index in [1.807, 2.05) is 0 Å². The van der Waals surface area contributed by atoms with Crippen LogP contribution < -0.4 is 16.0 Å². The van der Waals surface area contributed by atoms with Crippen LogP contribution in [0.2, 0.25) is 0 Å². The number of aromatic nitrogens is 3. The lowest BCUT2D eigenvalue weighted by Crippen LogP contribution is -2.49. The quantitative estimate of drug-likeness (QED) is 0.239. The van der Waals surface area contributed by atoms with Crippen LogP contribution in [0.3, 0.4) is 0 Å². The number of alkyl halides is 3. The molecule has 1 fully saturated rings. The summed E-state index contributed by atoms with van der Waals surface area (Å²) in [6.45, 7) is 10.5. The summed E-state index contributed by atoms with van der Waals surface area (Å²) in [7, 11) is 0. The van der Waals surface area contributed by atoms with Crippen LogP contribution in [-0.4, -0.2) is 38.6 Å². The van der Waals surface area contributed by atoms with Gasteiger partial charge in [0, 0.05) is 22.2 Å². The molecular formula is C23H22ClF3N6O2S. The van der Waals surface area contributed by atoms with Gasteiger partial charge >= 0.3 is 6.18 Å². The average Bonchev–Trinajstić information content (AvgIpc) is 3.27. The molecule has 2 amide bonds. The van der Waals surface area contributed by atoms with Gasteiger partial charge in [-0.2, -0.15) is 18.3 Å². The Hall–Kier alpha value is -3.38. The first kappa shape index (κ1) is 25.7. The van der Waals surface area contributed by atoms with E-state index in [9.17, 15) is 22.8 Å². The van der Waals surface area contributed by atoms with Crippen molar-refractivity contribution in [1.29, 1.82) is 0 Å². The largest absolute Gasteiger partial charge is 0.418 e. The Morgan fingerprint density at radius 2 is 1.97 bits per heavy atom. The van der Waals surface area contributed by atoms with Gasteiger partial charge in [-0.1, -0.05) is 36.1 Å². The van der Waals surface area contributed by atoms with E-state index >= 15 is 0 Å². The lowest BCUT2D eigenvalue weighted by atomic mass is 10.0. The Kier molecular flexibility index (Phi) is 6.60. The van der Waals surface area contributed by atoms with Gasteiger partial charge in [-0.15, -0.1) is 0 Å². The summed E-state index contributed by atoms with van der Waals surface area (Å²) in [5, 5.41) is 15.1. The number of nitrogens with zero attached hydrogens (tertiary/aromatic N) is 2. The van der Waals surface area contributed by atoms with Gasteiger partial charge in [0.15, 0.2) is 5.13 Å². The van der Waals surface area contributed by atoms with Crippen LogP contribution in [0, 0.1) is 0 Å². The second-order valence-electron chi connectivity index (χ2n) is 8.89. The standard InChI is InChI=1S/C23H22ClF3N6O2S/c1-10(7-13(11(2)24)19(34)29-12-5-6-12)32-22(3,4)20(35)31-21-30-17-15(23(25,26)27)8-16-14(9-28-33-16)18(17)36-21/h7-9,12,32H,1-2,5-6H2,3-4H3,(H,28,33)(H,29,34)(H,30,31,35)/b13-7+. The van der Waals surface area contributed by atoms with Crippen molar-refractivity contribution in [2.75, 3.05) is 5.32 Å². The van der Waals surface area contributed by atoms with Crippen molar-refractivity contribution in [3.05, 3.63) is 53.4 Å². The molecule has 8 nitrogen and oxygen atoms in total. The topological polar surface area (TPSA) is 112 Å². The van der Waals surface area contributed by atoms with Crippen LogP contribution in [0.15, 0.2) is 47.8 Å². The molecule has 3 aromatic rings. The molecule has 0 saturated heterocycles. The predicted molar refractivity (Wildman–Crippen MR) is 133 cm³/mol. The zero-order chi connectivity index (χ0) is 26.4. The number of rotatable bonds is 8. The molecule has 4 rings (SSSR count). The molecule has 1 aliphatic carbocycles. The number of carbonyl (C=O) groups excluding carboxylic acids is 2. The fourth-order valence-electron chi connectivity index (χ4n) is 3.43. The molecule has 0 unspecified atom stereocenters. The number of anilines is 1. The highest BCUT2D eigenvalue weighted by atomic mass is 35.5. The third-order valence-corrected chi connectivity index (χ3v) is 6.63. The molecule has 2 heterocycles. The molecule has 1 saturated carbocycles. The van der Waals surface area contributed by atoms with E-state index in [2.05, 4.69) is 44.3 Å². The first-order valence-corrected chi connectivity index (χ1v) is 12.0. The maximum absolute atomic E-state index is 13.6. The number of carbonyl (C=O) groups is 2. The summed E-state index contributed by atoms with van der Waals surface area (Å²) >= 11 is 6.89. The highest BCUT2D eigenvalue weighted by Gasteiger charge is 2.36. The summed E-state index contributed by atoms with van der Waals surface area (Å²) in [6, 6.07) is 1.05. The van der Waals surface area contributed by atoms with E-state index in [1.165, 1.54) is 12.3 Å². The Balaban J connectivity index is 1.54. The number of benzene rings is 1. The highest BCUT2D eigenvalue weighted by Crippen LogP contribution is 2.41. The number of fused-ring (bicyclic) bond motifs is 3. The number of thiazole rings is 1. The summed E-state index contributed by atoms with van der Waals surface area (Å²) in [4.78, 5) is 29.5. The Bertz CT molecular complexity index is 1430. The van der Waals surface area contributed by atoms with Crippen molar-refractivity contribution in [2.24, 2.45) is 0 Å². The minimum atomic E-state index is -4.65. The van der Waals surface area contributed by atoms with Crippen LogP contribution >= 0.6 is 22.9 Å². The molecule has 13 heteroatoms. The Morgan fingerprint density at radius 3 is 2.58 bits per heavy atom. The Morgan fingerprint density at radius 1 is 1.28 bits per heavy atom. The fourth-order valence-corrected chi connectivity index (χ4v) is 4.57. The SMILES string of the molecule is C=C(/C=C(\C(=C)Cl)C(=O)NC1CC1)NC(C)(C)C(=O)Nc1nc2c(C(F)(F)F)cc3[nH]ncc3c2s1. The number of hydrogen-bond donors (Lipinski definition) is 4. The van der Waals surface area contributed by atoms with Crippen molar-refractivity contribution < 1.29 is 22.8 Å². The second-order valence-corrected chi connectivity index (χ2v) is 10.3. The minimum Gasteiger partial charge on any atom is -0.372 e. The number of allylic oxidation sites excluding steroid dienone is 1. The van der Waals surface area contributed by atoms with Crippen LogP contribution in [-0.2, 0) is 15.8 Å². The van der Waals surface area contributed by atoms with E-state index in [0.717, 1.165) is 30.2 Å². The molecule has 36 heavy (non-hydrogen) atoms. The molecular weight excluding hydrogens is 517 g/mol. The number of hydrogen-bond acceptors (Lipinski definition) is 6. The summed E-state index contributed by atoms with van der Waals surface area (Å²) in [5.41, 5.74) is -1.96. The van der Waals surface area contributed by atoms with Crippen LogP contribution in [0.25, 0.3) is 21.1 Å². The van der Waals surface area contributed by atoms with Crippen LogP contribution in [0.1, 0.15) is 32.3 Å². The number of halogens is 4. The maximum Gasteiger partial charge on any atom is 0.418 e. The molecule has 1 aromatic carbocycles. The molecule has 0 aliphatic heterocycles. The zero-order valence-corrected chi connectivity index (χ0v) is 20.8. The average molecular weight is 539 g/mol. The van der Waals surface area contributed by atoms with Gasteiger partial charge in [-0.05, 0) is 38.8 Å². The smallest absolute Gasteiger partial charge is 0.372 e. The molecule has 0 radical (unpaired) electrons. The van der Waals surface area contributed by atoms with E-state index in [0.29, 0.717) is 5.39 Å². The number of H-pyrrole nitrogens is 1. The first-order valence-electron chi connectivity index (χ1n) is 10.8. The molecule has 4 N–H and O–H groups in total. The van der Waals surface area contributed by atoms with Gasteiger partial charge in [0.05, 0.1) is 33.1 Å². The highest BCUT2D eigenvalue weighted by molar-refractivity contribution is 7.23. The Labute approximate surface area is 212 Å². The number of aromatic amines is 1. The van der Waals surface area contributed by atoms with Crippen molar-refractivity contribution in [3.8, 4) is 0 Å². The first-order chi connectivity index (χ1) is 16.8. The predicted octanol–water partition coefficient (Wildman–Crippen LogP) is 4.97. The van der Waals surface area contributed by atoms with Gasteiger partial charge in [-0.25, -0.2) is 4.98 Å². The van der Waals surface area contributed by atoms with Crippen molar-refractivity contribution >= 4 is 61.0 Å². The van der Waals surface area contributed by atoms with Gasteiger partial charge in [0.25, 0.3) is 11.8 Å². The van der Waals surface area contributed by atoms with Gasteiger partial charge in [0.1, 0.15) is 5.54 Å². The molecule has 0 spiro atoms. The second kappa shape index (κ2) is 9.25. The monoisotopic (exact) mass is 538 g/mol. The number of amides is 2. The molecule has 0 atom stereocenters. The lowest BCUT2D eigenvalue weighted by Gasteiger charge is -2.26. The summed E-state index contributed by atoms with van der Waals surface area (Å²) in [5.74, 6) is -0.981.